The Morgan fingerprint density at radius 3 is 2.52 bits per heavy atom. The molecular weight excluding hydrogens is 461 g/mol. The molecule has 1 saturated heterocycles. The summed E-state index contributed by atoms with van der Waals surface area (Å²) in [5, 5.41) is 2.89. The van der Waals surface area contributed by atoms with Gasteiger partial charge >= 0.3 is 0 Å². The number of methoxy groups -OCH3 is 2. The summed E-state index contributed by atoms with van der Waals surface area (Å²) in [4.78, 5) is 12.6. The zero-order chi connectivity index (χ0) is 19.2. The van der Waals surface area contributed by atoms with Gasteiger partial charge in [-0.25, -0.2) is 0 Å². The van der Waals surface area contributed by atoms with Crippen LogP contribution in [0.15, 0.2) is 36.4 Å². The van der Waals surface area contributed by atoms with Crippen molar-refractivity contribution < 1.29 is 23.7 Å². The Morgan fingerprint density at radius 2 is 1.89 bits per heavy atom. The maximum absolute atomic E-state index is 12.6. The summed E-state index contributed by atoms with van der Waals surface area (Å²) < 4.78 is 22.6. The molecule has 0 bridgehead atoms. The van der Waals surface area contributed by atoms with Crippen molar-refractivity contribution >= 4 is 34.2 Å². The van der Waals surface area contributed by atoms with Gasteiger partial charge in [-0.3, -0.25) is 4.79 Å². The first-order valence-corrected chi connectivity index (χ1v) is 9.76. The first-order valence-electron chi connectivity index (χ1n) is 8.68. The number of hydrogen-bond acceptors (Lipinski definition) is 5. The average Bonchev–Trinajstić information content (AvgIpc) is 3.20. The van der Waals surface area contributed by atoms with Gasteiger partial charge in [0, 0.05) is 15.9 Å². The Labute approximate surface area is 172 Å². The maximum Gasteiger partial charge on any atom is 0.256 e. The van der Waals surface area contributed by atoms with Crippen molar-refractivity contribution in [2.24, 2.45) is 0 Å². The van der Waals surface area contributed by atoms with E-state index >= 15 is 0 Å². The third kappa shape index (κ3) is 5.04. The van der Waals surface area contributed by atoms with Gasteiger partial charge in [0.2, 0.25) is 0 Å². The molecule has 6 nitrogen and oxygen atoms in total. The summed E-state index contributed by atoms with van der Waals surface area (Å²) in [6.45, 7) is 1.36. The van der Waals surface area contributed by atoms with Crippen LogP contribution in [-0.4, -0.2) is 39.4 Å². The zero-order valence-corrected chi connectivity index (χ0v) is 17.4. The first kappa shape index (κ1) is 19.8. The fraction of sp³-hybridized carbons (Fsp3) is 0.350. The lowest BCUT2D eigenvalue weighted by Crippen LogP contribution is -2.16. The minimum Gasteiger partial charge on any atom is -0.493 e. The number of rotatable bonds is 7. The molecule has 0 saturated carbocycles. The average molecular weight is 483 g/mol. The van der Waals surface area contributed by atoms with Crippen LogP contribution in [0, 0.1) is 3.57 Å². The van der Waals surface area contributed by atoms with Crippen molar-refractivity contribution in [2.75, 3.05) is 32.8 Å². The van der Waals surface area contributed by atoms with E-state index < -0.39 is 0 Å². The van der Waals surface area contributed by atoms with E-state index in [-0.39, 0.29) is 12.0 Å². The predicted octanol–water partition coefficient (Wildman–Crippen LogP) is 4.12. The van der Waals surface area contributed by atoms with Gasteiger partial charge < -0.3 is 24.3 Å². The van der Waals surface area contributed by atoms with Gasteiger partial charge in [-0.1, -0.05) is 0 Å². The van der Waals surface area contributed by atoms with Crippen molar-refractivity contribution in [3.63, 3.8) is 0 Å². The van der Waals surface area contributed by atoms with Gasteiger partial charge in [-0.15, -0.1) is 0 Å². The maximum atomic E-state index is 12.6. The van der Waals surface area contributed by atoms with Crippen LogP contribution in [0.25, 0.3) is 0 Å². The largest absolute Gasteiger partial charge is 0.493 e. The molecule has 0 spiro atoms. The van der Waals surface area contributed by atoms with E-state index in [0.717, 1.165) is 28.8 Å². The van der Waals surface area contributed by atoms with Crippen LogP contribution >= 0.6 is 22.6 Å². The lowest BCUT2D eigenvalue weighted by molar-refractivity contribution is 0.0679. The molecule has 1 aliphatic rings. The van der Waals surface area contributed by atoms with E-state index in [2.05, 4.69) is 27.9 Å². The smallest absolute Gasteiger partial charge is 0.256 e. The molecule has 27 heavy (non-hydrogen) atoms. The van der Waals surface area contributed by atoms with E-state index in [1.807, 2.05) is 24.3 Å². The molecule has 1 fully saturated rings. The number of carbonyl (C=O) groups excluding carboxylic acids is 1. The third-order valence-corrected chi connectivity index (χ3v) is 5.18. The van der Waals surface area contributed by atoms with Crippen LogP contribution in [-0.2, 0) is 4.74 Å². The van der Waals surface area contributed by atoms with E-state index in [1.165, 1.54) is 0 Å². The van der Waals surface area contributed by atoms with Crippen molar-refractivity contribution in [2.45, 2.75) is 18.9 Å². The van der Waals surface area contributed by atoms with Gasteiger partial charge in [0.15, 0.2) is 11.5 Å². The second kappa shape index (κ2) is 9.27. The monoisotopic (exact) mass is 483 g/mol. The van der Waals surface area contributed by atoms with Crippen molar-refractivity contribution in [1.82, 2.24) is 0 Å². The van der Waals surface area contributed by atoms with E-state index in [1.54, 1.807) is 26.4 Å². The number of amides is 1. The Bertz CT molecular complexity index is 788. The predicted molar refractivity (Wildman–Crippen MR) is 111 cm³/mol. The standard InChI is InChI=1S/C20H22INO5/c1-24-18-10-16(17(21)11-19(18)25-2)20(23)22-13-5-7-14(8-6-13)27-12-15-4-3-9-26-15/h5-8,10-11,15H,3-4,9,12H2,1-2H3,(H,22,23). The topological polar surface area (TPSA) is 66.0 Å². The summed E-state index contributed by atoms with van der Waals surface area (Å²) in [6, 6.07) is 10.8. The molecule has 1 aliphatic heterocycles. The van der Waals surface area contributed by atoms with Gasteiger partial charge in [-0.05, 0) is 71.8 Å². The highest BCUT2D eigenvalue weighted by molar-refractivity contribution is 14.1. The van der Waals surface area contributed by atoms with Gasteiger partial charge in [0.05, 0.1) is 25.9 Å². The molecule has 144 valence electrons. The highest BCUT2D eigenvalue weighted by Crippen LogP contribution is 2.31. The summed E-state index contributed by atoms with van der Waals surface area (Å²) in [7, 11) is 3.11. The minimum absolute atomic E-state index is 0.177. The summed E-state index contributed by atoms with van der Waals surface area (Å²) >= 11 is 2.11. The molecule has 1 heterocycles. The van der Waals surface area contributed by atoms with Crippen molar-refractivity contribution in [3.8, 4) is 17.2 Å². The Kier molecular flexibility index (Phi) is 6.78. The van der Waals surface area contributed by atoms with Crippen LogP contribution in [0.5, 0.6) is 17.2 Å². The normalized spacial score (nSPS) is 16.0. The van der Waals surface area contributed by atoms with Crippen molar-refractivity contribution in [3.05, 3.63) is 45.5 Å². The molecule has 2 aromatic rings. The lowest BCUT2D eigenvalue weighted by atomic mass is 10.1. The Hall–Kier alpha value is -2.00. The fourth-order valence-corrected chi connectivity index (χ4v) is 3.51. The molecule has 1 unspecified atom stereocenters. The molecule has 0 radical (unpaired) electrons. The molecule has 7 heteroatoms. The number of hydrogen-bond donors (Lipinski definition) is 1. The Morgan fingerprint density at radius 1 is 1.19 bits per heavy atom. The van der Waals surface area contributed by atoms with Crippen LogP contribution in [0.1, 0.15) is 23.2 Å². The highest BCUT2D eigenvalue weighted by Gasteiger charge is 2.17. The highest BCUT2D eigenvalue weighted by atomic mass is 127. The molecular formula is C20H22INO5. The zero-order valence-electron chi connectivity index (χ0n) is 15.3. The number of carbonyl (C=O) groups is 1. The summed E-state index contributed by atoms with van der Waals surface area (Å²) in [5.74, 6) is 1.64. The molecule has 1 amide bonds. The van der Waals surface area contributed by atoms with Crippen LogP contribution < -0.4 is 19.5 Å². The van der Waals surface area contributed by atoms with Crippen LogP contribution in [0.3, 0.4) is 0 Å². The molecule has 1 atom stereocenters. The van der Waals surface area contributed by atoms with Gasteiger partial charge in [0.1, 0.15) is 12.4 Å². The Balaban J connectivity index is 1.63. The van der Waals surface area contributed by atoms with Crippen LogP contribution in [0.4, 0.5) is 5.69 Å². The fourth-order valence-electron chi connectivity index (χ4n) is 2.83. The first-order chi connectivity index (χ1) is 13.1. The lowest BCUT2D eigenvalue weighted by Gasteiger charge is -2.13. The number of anilines is 1. The number of benzene rings is 2. The molecule has 3 rings (SSSR count). The van der Waals surface area contributed by atoms with E-state index in [0.29, 0.717) is 29.4 Å². The second-order valence-corrected chi connectivity index (χ2v) is 7.27. The number of nitrogens with one attached hydrogen (secondary N) is 1. The number of halogens is 1. The third-order valence-electron chi connectivity index (χ3n) is 4.29. The molecule has 2 aromatic carbocycles. The molecule has 1 N–H and O–H groups in total. The number of ether oxygens (including phenoxy) is 4. The van der Waals surface area contributed by atoms with E-state index in [9.17, 15) is 4.79 Å². The minimum atomic E-state index is -0.214. The summed E-state index contributed by atoms with van der Waals surface area (Å²) in [6.07, 6.45) is 2.31. The van der Waals surface area contributed by atoms with Gasteiger partial charge in [-0.2, -0.15) is 0 Å². The summed E-state index contributed by atoms with van der Waals surface area (Å²) in [5.41, 5.74) is 1.21. The quantitative estimate of drug-likeness (QED) is 0.601. The second-order valence-electron chi connectivity index (χ2n) is 6.11. The molecule has 0 aliphatic carbocycles. The van der Waals surface area contributed by atoms with E-state index in [4.69, 9.17) is 18.9 Å². The SMILES string of the molecule is COc1cc(I)c(C(=O)Nc2ccc(OCC3CCCO3)cc2)cc1OC. The molecule has 0 aromatic heterocycles. The van der Waals surface area contributed by atoms with Gasteiger partial charge in [0.25, 0.3) is 5.91 Å². The van der Waals surface area contributed by atoms with Crippen LogP contribution in [0.2, 0.25) is 0 Å². The van der Waals surface area contributed by atoms with Crippen molar-refractivity contribution in [1.29, 1.82) is 0 Å².